The molecule has 25 heavy (non-hydrogen) atoms. The number of benzene rings is 1. The molecule has 0 bridgehead atoms. The number of likely N-dealkylation sites (tertiary alicyclic amines) is 1. The van der Waals surface area contributed by atoms with Crippen LogP contribution in [-0.2, 0) is 12.8 Å². The molecule has 0 unspecified atom stereocenters. The van der Waals surface area contributed by atoms with Crippen LogP contribution in [0.3, 0.4) is 0 Å². The van der Waals surface area contributed by atoms with Crippen LogP contribution in [0.1, 0.15) is 45.2 Å². The first-order chi connectivity index (χ1) is 12.2. The van der Waals surface area contributed by atoms with Gasteiger partial charge in [0, 0.05) is 19.5 Å². The number of carbonyl (C=O) groups is 1. The van der Waals surface area contributed by atoms with Crippen molar-refractivity contribution in [1.82, 2.24) is 15.2 Å². The van der Waals surface area contributed by atoms with E-state index in [1.165, 1.54) is 31.5 Å². The summed E-state index contributed by atoms with van der Waals surface area (Å²) in [5, 5.41) is 4.12. The van der Waals surface area contributed by atoms with Crippen molar-refractivity contribution >= 4 is 17.2 Å². The van der Waals surface area contributed by atoms with Gasteiger partial charge in [-0.15, -0.1) is 11.3 Å². The van der Waals surface area contributed by atoms with E-state index >= 15 is 0 Å². The van der Waals surface area contributed by atoms with Crippen molar-refractivity contribution in [3.05, 3.63) is 51.5 Å². The SMILES string of the molecule is Cc1nc(CCN2CCCC2)sc1C(=O)NCCCc1ccccc1. The van der Waals surface area contributed by atoms with Gasteiger partial charge >= 0.3 is 0 Å². The van der Waals surface area contributed by atoms with Gasteiger partial charge < -0.3 is 10.2 Å². The Hall–Kier alpha value is -1.72. The number of aromatic nitrogens is 1. The quantitative estimate of drug-likeness (QED) is 0.736. The number of nitrogens with zero attached hydrogens (tertiary/aromatic N) is 2. The minimum Gasteiger partial charge on any atom is -0.351 e. The van der Waals surface area contributed by atoms with Crippen molar-refractivity contribution in [2.75, 3.05) is 26.2 Å². The highest BCUT2D eigenvalue weighted by atomic mass is 32.1. The van der Waals surface area contributed by atoms with Crippen LogP contribution in [0, 0.1) is 6.92 Å². The molecule has 1 saturated heterocycles. The van der Waals surface area contributed by atoms with Crippen molar-refractivity contribution in [2.24, 2.45) is 0 Å². The Morgan fingerprint density at radius 1 is 1.20 bits per heavy atom. The third-order valence-corrected chi connectivity index (χ3v) is 5.87. The lowest BCUT2D eigenvalue weighted by molar-refractivity contribution is 0.0956. The molecule has 1 N–H and O–H groups in total. The highest BCUT2D eigenvalue weighted by molar-refractivity contribution is 7.13. The molecule has 2 heterocycles. The molecular formula is C20H27N3OS. The van der Waals surface area contributed by atoms with E-state index in [0.717, 1.165) is 41.4 Å². The fraction of sp³-hybridized carbons (Fsp3) is 0.500. The van der Waals surface area contributed by atoms with Crippen LogP contribution >= 0.6 is 11.3 Å². The molecule has 0 atom stereocenters. The molecule has 0 aliphatic carbocycles. The molecule has 0 spiro atoms. The van der Waals surface area contributed by atoms with Gasteiger partial charge in [-0.3, -0.25) is 4.79 Å². The van der Waals surface area contributed by atoms with Crippen LogP contribution in [0.5, 0.6) is 0 Å². The monoisotopic (exact) mass is 357 g/mol. The second-order valence-corrected chi connectivity index (χ2v) is 7.75. The smallest absolute Gasteiger partial charge is 0.263 e. The average molecular weight is 358 g/mol. The van der Waals surface area contributed by atoms with E-state index in [1.807, 2.05) is 13.0 Å². The molecule has 1 aliphatic rings. The minimum absolute atomic E-state index is 0.0236. The van der Waals surface area contributed by atoms with E-state index in [9.17, 15) is 4.79 Å². The largest absolute Gasteiger partial charge is 0.351 e. The summed E-state index contributed by atoms with van der Waals surface area (Å²) in [6, 6.07) is 10.4. The summed E-state index contributed by atoms with van der Waals surface area (Å²) < 4.78 is 0. The molecule has 1 amide bonds. The summed E-state index contributed by atoms with van der Waals surface area (Å²) in [6.07, 6.45) is 5.52. The lowest BCUT2D eigenvalue weighted by Crippen LogP contribution is -2.24. The zero-order chi connectivity index (χ0) is 17.5. The highest BCUT2D eigenvalue weighted by Gasteiger charge is 2.16. The number of aryl methyl sites for hydroxylation is 2. The van der Waals surface area contributed by atoms with Crippen LogP contribution in [0.15, 0.2) is 30.3 Å². The first kappa shape index (κ1) is 18.1. The molecular weight excluding hydrogens is 330 g/mol. The summed E-state index contributed by atoms with van der Waals surface area (Å²) in [5.74, 6) is 0.0236. The number of hydrogen-bond acceptors (Lipinski definition) is 4. The number of carbonyl (C=O) groups excluding carboxylic acids is 1. The van der Waals surface area contributed by atoms with E-state index in [4.69, 9.17) is 0 Å². The predicted octanol–water partition coefficient (Wildman–Crippen LogP) is 3.45. The van der Waals surface area contributed by atoms with Crippen LogP contribution in [0.25, 0.3) is 0 Å². The molecule has 2 aromatic rings. The van der Waals surface area contributed by atoms with Crippen molar-refractivity contribution in [3.63, 3.8) is 0 Å². The maximum Gasteiger partial charge on any atom is 0.263 e. The lowest BCUT2D eigenvalue weighted by atomic mass is 10.1. The minimum atomic E-state index is 0.0236. The van der Waals surface area contributed by atoms with Crippen molar-refractivity contribution < 1.29 is 4.79 Å². The van der Waals surface area contributed by atoms with E-state index in [1.54, 1.807) is 11.3 Å². The first-order valence-electron chi connectivity index (χ1n) is 9.23. The van der Waals surface area contributed by atoms with Crippen molar-refractivity contribution in [3.8, 4) is 0 Å². The molecule has 1 aliphatic heterocycles. The molecule has 1 fully saturated rings. The van der Waals surface area contributed by atoms with Gasteiger partial charge in [0.1, 0.15) is 4.88 Å². The third kappa shape index (κ3) is 5.38. The fourth-order valence-electron chi connectivity index (χ4n) is 3.25. The molecule has 5 heteroatoms. The summed E-state index contributed by atoms with van der Waals surface area (Å²) in [4.78, 5) is 20.3. The third-order valence-electron chi connectivity index (χ3n) is 4.66. The molecule has 0 saturated carbocycles. The van der Waals surface area contributed by atoms with Gasteiger partial charge in [0.2, 0.25) is 0 Å². The van der Waals surface area contributed by atoms with Gasteiger partial charge in [0.15, 0.2) is 0 Å². The van der Waals surface area contributed by atoms with E-state index in [0.29, 0.717) is 6.54 Å². The van der Waals surface area contributed by atoms with Gasteiger partial charge in [-0.05, 0) is 51.3 Å². The molecule has 134 valence electrons. The Morgan fingerprint density at radius 3 is 2.72 bits per heavy atom. The highest BCUT2D eigenvalue weighted by Crippen LogP contribution is 2.19. The molecule has 3 rings (SSSR count). The first-order valence-corrected chi connectivity index (χ1v) is 10.0. The zero-order valence-electron chi connectivity index (χ0n) is 15.0. The van der Waals surface area contributed by atoms with Crippen LogP contribution in [-0.4, -0.2) is 42.0 Å². The topological polar surface area (TPSA) is 45.2 Å². The van der Waals surface area contributed by atoms with E-state index in [2.05, 4.69) is 39.5 Å². The van der Waals surface area contributed by atoms with E-state index in [-0.39, 0.29) is 5.91 Å². The average Bonchev–Trinajstić information content (AvgIpc) is 3.27. The normalized spacial score (nSPS) is 14.8. The number of rotatable bonds is 8. The summed E-state index contributed by atoms with van der Waals surface area (Å²) >= 11 is 1.56. The standard InChI is InChI=1S/C20H27N3OS/c1-16-19(25-18(22-16)11-15-23-13-5-6-14-23)20(24)21-12-7-10-17-8-3-2-4-9-17/h2-4,8-9H,5-7,10-15H2,1H3,(H,21,24). The molecule has 4 nitrogen and oxygen atoms in total. The van der Waals surface area contributed by atoms with Gasteiger partial charge in [-0.2, -0.15) is 0 Å². The number of nitrogens with one attached hydrogen (secondary N) is 1. The van der Waals surface area contributed by atoms with Crippen molar-refractivity contribution in [2.45, 2.75) is 39.0 Å². The number of thiazole rings is 1. The lowest BCUT2D eigenvalue weighted by Gasteiger charge is -2.12. The zero-order valence-corrected chi connectivity index (χ0v) is 15.8. The molecule has 1 aromatic heterocycles. The number of amides is 1. The van der Waals surface area contributed by atoms with Gasteiger partial charge in [-0.25, -0.2) is 4.98 Å². The van der Waals surface area contributed by atoms with E-state index < -0.39 is 0 Å². The summed E-state index contributed by atoms with van der Waals surface area (Å²) in [5.41, 5.74) is 2.18. The molecule has 1 aromatic carbocycles. The maximum absolute atomic E-state index is 12.4. The van der Waals surface area contributed by atoms with Crippen LogP contribution < -0.4 is 5.32 Å². The summed E-state index contributed by atoms with van der Waals surface area (Å²) in [7, 11) is 0. The Bertz CT molecular complexity index is 678. The second kappa shape index (κ2) is 9.11. The predicted molar refractivity (Wildman–Crippen MR) is 103 cm³/mol. The Morgan fingerprint density at radius 2 is 1.96 bits per heavy atom. The second-order valence-electron chi connectivity index (χ2n) is 6.67. The van der Waals surface area contributed by atoms with Gasteiger partial charge in [0.05, 0.1) is 10.7 Å². The maximum atomic E-state index is 12.4. The molecule has 0 radical (unpaired) electrons. The van der Waals surface area contributed by atoms with Crippen LogP contribution in [0.4, 0.5) is 0 Å². The Kier molecular flexibility index (Phi) is 6.59. The number of hydrogen-bond donors (Lipinski definition) is 1. The summed E-state index contributed by atoms with van der Waals surface area (Å²) in [6.45, 7) is 6.12. The van der Waals surface area contributed by atoms with Crippen molar-refractivity contribution in [1.29, 1.82) is 0 Å². The van der Waals surface area contributed by atoms with Gasteiger partial charge in [0.25, 0.3) is 5.91 Å². The Balaban J connectivity index is 1.43. The van der Waals surface area contributed by atoms with Crippen LogP contribution in [0.2, 0.25) is 0 Å². The fourth-order valence-corrected chi connectivity index (χ4v) is 4.22. The van der Waals surface area contributed by atoms with Gasteiger partial charge in [-0.1, -0.05) is 30.3 Å². The Labute approximate surface area is 154 Å².